The second-order valence-electron chi connectivity index (χ2n) is 5.12. The average Bonchev–Trinajstić information content (AvgIpc) is 2.81. The molecule has 1 heterocycles. The first-order valence-corrected chi connectivity index (χ1v) is 6.99. The summed E-state index contributed by atoms with van der Waals surface area (Å²) in [5.41, 5.74) is 0.822. The number of aliphatic carboxylic acids is 1. The molecule has 0 aromatic heterocycles. The second kappa shape index (κ2) is 6.32. The molecule has 7 heteroatoms. The fourth-order valence-corrected chi connectivity index (χ4v) is 2.60. The zero-order valence-electron chi connectivity index (χ0n) is 11.5. The first-order chi connectivity index (χ1) is 9.88. The van der Waals surface area contributed by atoms with Gasteiger partial charge in [-0.25, -0.2) is 9.59 Å². The third-order valence-electron chi connectivity index (χ3n) is 3.51. The van der Waals surface area contributed by atoms with E-state index in [2.05, 4.69) is 5.32 Å². The number of likely N-dealkylation sites (tertiary alicyclic amines) is 1. The van der Waals surface area contributed by atoms with E-state index in [-0.39, 0.29) is 19.0 Å². The molecule has 2 amide bonds. The molecule has 3 N–H and O–H groups in total. The number of nitrogens with zero attached hydrogens (tertiary/aromatic N) is 1. The van der Waals surface area contributed by atoms with Crippen LogP contribution in [0.3, 0.4) is 0 Å². The monoisotopic (exact) mass is 312 g/mol. The molecule has 2 rings (SSSR count). The SMILES string of the molecule is CC(NC(=O)N1CC(O)CC1C(=O)O)c1cccc(Cl)c1. The fourth-order valence-electron chi connectivity index (χ4n) is 2.40. The molecule has 0 aliphatic carbocycles. The number of urea groups is 1. The first kappa shape index (κ1) is 15.6. The Morgan fingerprint density at radius 1 is 1.48 bits per heavy atom. The molecule has 1 aliphatic heterocycles. The Bertz CT molecular complexity index is 552. The summed E-state index contributed by atoms with van der Waals surface area (Å²) >= 11 is 5.90. The van der Waals surface area contributed by atoms with Crippen molar-refractivity contribution in [1.82, 2.24) is 10.2 Å². The predicted octanol–water partition coefficient (Wildman–Crippen LogP) is 1.63. The maximum atomic E-state index is 12.2. The van der Waals surface area contributed by atoms with Crippen molar-refractivity contribution < 1.29 is 19.8 Å². The van der Waals surface area contributed by atoms with E-state index < -0.39 is 24.1 Å². The van der Waals surface area contributed by atoms with Crippen LogP contribution in [0.5, 0.6) is 0 Å². The smallest absolute Gasteiger partial charge is 0.326 e. The van der Waals surface area contributed by atoms with E-state index in [0.29, 0.717) is 5.02 Å². The number of β-amino-alcohol motifs (C(OH)–C–C–N with tert-alkyl or cyclic N) is 1. The van der Waals surface area contributed by atoms with Crippen molar-refractivity contribution in [2.24, 2.45) is 0 Å². The van der Waals surface area contributed by atoms with E-state index in [9.17, 15) is 14.7 Å². The molecule has 3 atom stereocenters. The van der Waals surface area contributed by atoms with Gasteiger partial charge in [-0.3, -0.25) is 0 Å². The summed E-state index contributed by atoms with van der Waals surface area (Å²) in [4.78, 5) is 24.4. The van der Waals surface area contributed by atoms with Gasteiger partial charge in [0, 0.05) is 18.0 Å². The fraction of sp³-hybridized carbons (Fsp3) is 0.429. The van der Waals surface area contributed by atoms with E-state index >= 15 is 0 Å². The quantitative estimate of drug-likeness (QED) is 0.791. The standard InChI is InChI=1S/C14H17ClN2O4/c1-8(9-3-2-4-10(15)5-9)16-14(21)17-7-11(18)6-12(17)13(19)20/h2-5,8,11-12,18H,6-7H2,1H3,(H,16,21)(H,19,20). The van der Waals surface area contributed by atoms with Crippen molar-refractivity contribution in [3.05, 3.63) is 34.9 Å². The van der Waals surface area contributed by atoms with Crippen molar-refractivity contribution in [2.75, 3.05) is 6.54 Å². The zero-order valence-corrected chi connectivity index (χ0v) is 12.2. The van der Waals surface area contributed by atoms with Crippen molar-refractivity contribution >= 4 is 23.6 Å². The molecule has 21 heavy (non-hydrogen) atoms. The molecule has 1 fully saturated rings. The van der Waals surface area contributed by atoms with Crippen LogP contribution in [0.1, 0.15) is 24.9 Å². The molecule has 0 spiro atoms. The number of carbonyl (C=O) groups is 2. The molecule has 1 aromatic rings. The molecular formula is C14H17ClN2O4. The summed E-state index contributed by atoms with van der Waals surface area (Å²) in [6.07, 6.45) is -0.757. The summed E-state index contributed by atoms with van der Waals surface area (Å²) in [6, 6.07) is 5.25. The third kappa shape index (κ3) is 3.65. The molecule has 1 aliphatic rings. The lowest BCUT2D eigenvalue weighted by Crippen LogP contribution is -2.46. The Kier molecular flexibility index (Phi) is 4.69. The number of nitrogens with one attached hydrogen (secondary N) is 1. The average molecular weight is 313 g/mol. The van der Waals surface area contributed by atoms with Crippen LogP contribution in [-0.2, 0) is 4.79 Å². The van der Waals surface area contributed by atoms with Gasteiger partial charge in [0.05, 0.1) is 12.1 Å². The van der Waals surface area contributed by atoms with Crippen LogP contribution < -0.4 is 5.32 Å². The maximum absolute atomic E-state index is 12.2. The topological polar surface area (TPSA) is 89.9 Å². The summed E-state index contributed by atoms with van der Waals surface area (Å²) in [5, 5.41) is 21.9. The van der Waals surface area contributed by atoms with Crippen LogP contribution in [0, 0.1) is 0 Å². The van der Waals surface area contributed by atoms with E-state index in [1.807, 2.05) is 6.07 Å². The zero-order chi connectivity index (χ0) is 15.6. The Balaban J connectivity index is 2.05. The number of amides is 2. The van der Waals surface area contributed by atoms with Crippen LogP contribution in [-0.4, -0.2) is 45.8 Å². The van der Waals surface area contributed by atoms with Gasteiger partial charge in [-0.2, -0.15) is 0 Å². The largest absolute Gasteiger partial charge is 0.480 e. The Morgan fingerprint density at radius 2 is 2.19 bits per heavy atom. The Morgan fingerprint density at radius 3 is 2.81 bits per heavy atom. The molecule has 0 radical (unpaired) electrons. The van der Waals surface area contributed by atoms with Gasteiger partial charge in [0.25, 0.3) is 0 Å². The minimum Gasteiger partial charge on any atom is -0.480 e. The molecular weight excluding hydrogens is 296 g/mol. The summed E-state index contributed by atoms with van der Waals surface area (Å²) < 4.78 is 0. The third-order valence-corrected chi connectivity index (χ3v) is 3.75. The summed E-state index contributed by atoms with van der Waals surface area (Å²) in [7, 11) is 0. The highest BCUT2D eigenvalue weighted by Crippen LogP contribution is 2.21. The summed E-state index contributed by atoms with van der Waals surface area (Å²) in [5.74, 6) is -1.11. The minimum atomic E-state index is -1.11. The van der Waals surface area contributed by atoms with Gasteiger partial charge < -0.3 is 20.4 Å². The van der Waals surface area contributed by atoms with Crippen molar-refractivity contribution in [3.8, 4) is 0 Å². The first-order valence-electron chi connectivity index (χ1n) is 6.62. The van der Waals surface area contributed by atoms with Crippen LogP contribution in [0.2, 0.25) is 5.02 Å². The maximum Gasteiger partial charge on any atom is 0.326 e. The highest BCUT2D eigenvalue weighted by molar-refractivity contribution is 6.30. The van der Waals surface area contributed by atoms with E-state index in [1.165, 1.54) is 0 Å². The van der Waals surface area contributed by atoms with Crippen LogP contribution in [0.4, 0.5) is 4.79 Å². The molecule has 6 nitrogen and oxygen atoms in total. The van der Waals surface area contributed by atoms with Gasteiger partial charge in [0.15, 0.2) is 0 Å². The number of carbonyl (C=O) groups excluding carboxylic acids is 1. The number of rotatable bonds is 3. The number of halogens is 1. The van der Waals surface area contributed by atoms with Crippen molar-refractivity contribution in [3.63, 3.8) is 0 Å². The van der Waals surface area contributed by atoms with Gasteiger partial charge in [0.2, 0.25) is 0 Å². The van der Waals surface area contributed by atoms with Gasteiger partial charge in [-0.05, 0) is 24.6 Å². The van der Waals surface area contributed by atoms with Crippen LogP contribution in [0.15, 0.2) is 24.3 Å². The van der Waals surface area contributed by atoms with Gasteiger partial charge in [-0.15, -0.1) is 0 Å². The number of hydrogen-bond donors (Lipinski definition) is 3. The normalized spacial score (nSPS) is 22.9. The Hall–Kier alpha value is -1.79. The number of carboxylic acids is 1. The van der Waals surface area contributed by atoms with Gasteiger partial charge in [0.1, 0.15) is 6.04 Å². The Labute approximate surface area is 127 Å². The molecule has 3 unspecified atom stereocenters. The number of carboxylic acid groups (broad SMARTS) is 1. The lowest BCUT2D eigenvalue weighted by molar-refractivity contribution is -0.141. The number of hydrogen-bond acceptors (Lipinski definition) is 3. The minimum absolute atomic E-state index is 0.0189. The number of aliphatic hydroxyl groups excluding tert-OH is 1. The summed E-state index contributed by atoms with van der Waals surface area (Å²) in [6.45, 7) is 1.80. The lowest BCUT2D eigenvalue weighted by Gasteiger charge is -2.24. The lowest BCUT2D eigenvalue weighted by atomic mass is 10.1. The number of aliphatic hydroxyl groups is 1. The van der Waals surface area contributed by atoms with Crippen LogP contribution in [0.25, 0.3) is 0 Å². The van der Waals surface area contributed by atoms with Crippen LogP contribution >= 0.6 is 11.6 Å². The molecule has 1 aromatic carbocycles. The van der Waals surface area contributed by atoms with Crippen molar-refractivity contribution in [2.45, 2.75) is 31.5 Å². The highest BCUT2D eigenvalue weighted by Gasteiger charge is 2.39. The molecule has 0 saturated carbocycles. The van der Waals surface area contributed by atoms with E-state index in [1.54, 1.807) is 25.1 Å². The van der Waals surface area contributed by atoms with Gasteiger partial charge >= 0.3 is 12.0 Å². The predicted molar refractivity (Wildman–Crippen MR) is 77.2 cm³/mol. The number of benzene rings is 1. The van der Waals surface area contributed by atoms with E-state index in [4.69, 9.17) is 16.7 Å². The van der Waals surface area contributed by atoms with Crippen molar-refractivity contribution in [1.29, 1.82) is 0 Å². The molecule has 0 bridgehead atoms. The van der Waals surface area contributed by atoms with E-state index in [0.717, 1.165) is 10.5 Å². The second-order valence-corrected chi connectivity index (χ2v) is 5.56. The highest BCUT2D eigenvalue weighted by atomic mass is 35.5. The van der Waals surface area contributed by atoms with Gasteiger partial charge in [-0.1, -0.05) is 23.7 Å². The molecule has 114 valence electrons. The molecule has 1 saturated heterocycles.